The van der Waals surface area contributed by atoms with Gasteiger partial charge in [-0.25, -0.2) is 4.39 Å². The zero-order chi connectivity index (χ0) is 12.3. The van der Waals surface area contributed by atoms with Gasteiger partial charge in [-0.2, -0.15) is 0 Å². The van der Waals surface area contributed by atoms with Crippen LogP contribution in [-0.2, 0) is 11.2 Å². The summed E-state index contributed by atoms with van der Waals surface area (Å²) < 4.78 is 12.9. The van der Waals surface area contributed by atoms with E-state index in [2.05, 4.69) is 15.9 Å². The lowest BCUT2D eigenvalue weighted by Crippen LogP contribution is -2.25. The third-order valence-corrected chi connectivity index (χ3v) is 2.72. The molecule has 0 aliphatic heterocycles. The Balaban J connectivity index is 3.05. The number of amides is 1. The van der Waals surface area contributed by atoms with Gasteiger partial charge in [-0.3, -0.25) is 14.9 Å². The Morgan fingerprint density at radius 3 is 2.75 bits per heavy atom. The predicted octanol–water partition coefficient (Wildman–Crippen LogP) is 1.53. The molecule has 0 aromatic heterocycles. The van der Waals surface area contributed by atoms with E-state index in [0.29, 0.717) is 0 Å². The van der Waals surface area contributed by atoms with Crippen LogP contribution in [0.1, 0.15) is 5.56 Å². The number of rotatable bonds is 4. The minimum absolute atomic E-state index is 0.0244. The molecule has 16 heavy (non-hydrogen) atoms. The second-order valence-corrected chi connectivity index (χ2v) is 4.21. The average Bonchev–Trinajstić information content (AvgIpc) is 2.16. The number of nitrogens with zero attached hydrogens (tertiary/aromatic N) is 1. The highest BCUT2D eigenvalue weighted by molar-refractivity contribution is 9.10. The Labute approximate surface area is 98.7 Å². The van der Waals surface area contributed by atoms with Crippen LogP contribution < -0.4 is 5.73 Å². The van der Waals surface area contributed by atoms with E-state index in [4.69, 9.17) is 5.73 Å². The molecule has 0 aliphatic rings. The normalized spacial score (nSPS) is 12.1. The second-order valence-electron chi connectivity index (χ2n) is 3.10. The van der Waals surface area contributed by atoms with Crippen LogP contribution in [0.2, 0.25) is 0 Å². The van der Waals surface area contributed by atoms with E-state index in [1.807, 2.05) is 0 Å². The largest absolute Gasteiger partial charge is 0.369 e. The van der Waals surface area contributed by atoms with Crippen molar-refractivity contribution in [2.24, 2.45) is 5.73 Å². The maximum absolute atomic E-state index is 12.9. The van der Waals surface area contributed by atoms with Crippen LogP contribution in [-0.4, -0.2) is 15.7 Å². The van der Waals surface area contributed by atoms with Crippen molar-refractivity contribution in [3.63, 3.8) is 0 Å². The molecule has 5 nitrogen and oxygen atoms in total. The SMILES string of the molecule is NC(=O)C(Br)Cc1cc(F)ccc1[N+](=O)[O-]. The predicted molar refractivity (Wildman–Crippen MR) is 58.7 cm³/mol. The number of alkyl halides is 1. The molecule has 0 saturated carbocycles. The third-order valence-electron chi connectivity index (χ3n) is 1.95. The Kier molecular flexibility index (Phi) is 3.94. The number of primary amides is 1. The van der Waals surface area contributed by atoms with Crippen molar-refractivity contribution in [3.8, 4) is 0 Å². The van der Waals surface area contributed by atoms with Gasteiger partial charge in [-0.15, -0.1) is 0 Å². The number of halogens is 2. The maximum atomic E-state index is 12.9. The molecule has 1 aromatic carbocycles. The summed E-state index contributed by atoms with van der Waals surface area (Å²) in [5.41, 5.74) is 4.90. The van der Waals surface area contributed by atoms with Crippen molar-refractivity contribution in [2.45, 2.75) is 11.2 Å². The van der Waals surface area contributed by atoms with Gasteiger partial charge >= 0.3 is 0 Å². The first kappa shape index (κ1) is 12.6. The van der Waals surface area contributed by atoms with E-state index >= 15 is 0 Å². The van der Waals surface area contributed by atoms with E-state index in [-0.39, 0.29) is 17.7 Å². The van der Waals surface area contributed by atoms with E-state index in [1.165, 1.54) is 0 Å². The molecule has 1 rings (SSSR count). The number of benzene rings is 1. The van der Waals surface area contributed by atoms with Crippen LogP contribution in [0.3, 0.4) is 0 Å². The van der Waals surface area contributed by atoms with E-state index in [9.17, 15) is 19.3 Å². The summed E-state index contributed by atoms with van der Waals surface area (Å²) in [6.07, 6.45) is -0.0244. The van der Waals surface area contributed by atoms with Crippen molar-refractivity contribution >= 4 is 27.5 Å². The first-order valence-corrected chi connectivity index (χ1v) is 5.19. The van der Waals surface area contributed by atoms with Crippen molar-refractivity contribution in [3.05, 3.63) is 39.7 Å². The number of nitro groups is 1. The summed E-state index contributed by atoms with van der Waals surface area (Å²) in [6, 6.07) is 3.08. The van der Waals surface area contributed by atoms with Gasteiger partial charge in [0, 0.05) is 18.1 Å². The van der Waals surface area contributed by atoms with Crippen molar-refractivity contribution < 1.29 is 14.1 Å². The molecule has 86 valence electrons. The fourth-order valence-electron chi connectivity index (χ4n) is 1.19. The number of hydrogen-bond donors (Lipinski definition) is 1. The van der Waals surface area contributed by atoms with Gasteiger partial charge in [-0.05, 0) is 12.1 Å². The van der Waals surface area contributed by atoms with Gasteiger partial charge in [0.2, 0.25) is 5.91 Å². The quantitative estimate of drug-likeness (QED) is 0.518. The Hall–Kier alpha value is -1.50. The van der Waals surface area contributed by atoms with Gasteiger partial charge < -0.3 is 5.73 Å². The fraction of sp³-hybridized carbons (Fsp3) is 0.222. The summed E-state index contributed by atoms with van der Waals surface area (Å²) in [6.45, 7) is 0. The lowest BCUT2D eigenvalue weighted by atomic mass is 10.1. The highest BCUT2D eigenvalue weighted by Gasteiger charge is 2.20. The summed E-state index contributed by atoms with van der Waals surface area (Å²) >= 11 is 2.97. The van der Waals surface area contributed by atoms with Crippen LogP contribution in [0, 0.1) is 15.9 Å². The number of carbonyl (C=O) groups excluding carboxylic acids is 1. The molecule has 0 spiro atoms. The van der Waals surface area contributed by atoms with Gasteiger partial charge in [-0.1, -0.05) is 15.9 Å². The molecule has 0 bridgehead atoms. The molecule has 0 heterocycles. The Morgan fingerprint density at radius 1 is 1.62 bits per heavy atom. The first-order valence-electron chi connectivity index (χ1n) is 4.28. The summed E-state index contributed by atoms with van der Waals surface area (Å²) in [7, 11) is 0. The lowest BCUT2D eigenvalue weighted by molar-refractivity contribution is -0.385. The van der Waals surface area contributed by atoms with Crippen molar-refractivity contribution in [1.82, 2.24) is 0 Å². The first-order chi connectivity index (χ1) is 7.41. The molecule has 1 amide bonds. The van der Waals surface area contributed by atoms with Gasteiger partial charge in [0.1, 0.15) is 5.82 Å². The Bertz CT molecular complexity index is 439. The van der Waals surface area contributed by atoms with Crippen LogP contribution in [0.25, 0.3) is 0 Å². The summed E-state index contributed by atoms with van der Waals surface area (Å²) in [4.78, 5) is 20.0. The molecule has 0 fully saturated rings. The highest BCUT2D eigenvalue weighted by atomic mass is 79.9. The fourth-order valence-corrected chi connectivity index (χ4v) is 1.54. The third kappa shape index (κ3) is 2.99. The van der Waals surface area contributed by atoms with Crippen molar-refractivity contribution in [1.29, 1.82) is 0 Å². The standard InChI is InChI=1S/C9H8BrFN2O3/c10-7(9(12)14)4-5-3-6(11)1-2-8(5)13(15)16/h1-3,7H,4H2,(H2,12,14). The average molecular weight is 291 g/mol. The lowest BCUT2D eigenvalue weighted by Gasteiger charge is -2.06. The molecular formula is C9H8BrFN2O3. The van der Waals surface area contributed by atoms with E-state index in [1.54, 1.807) is 0 Å². The minimum Gasteiger partial charge on any atom is -0.369 e. The smallest absolute Gasteiger partial charge is 0.272 e. The zero-order valence-electron chi connectivity index (χ0n) is 8.02. The number of carbonyl (C=O) groups is 1. The molecule has 2 N–H and O–H groups in total. The monoisotopic (exact) mass is 290 g/mol. The van der Waals surface area contributed by atoms with E-state index < -0.39 is 21.5 Å². The number of nitro benzene ring substituents is 1. The number of nitrogens with two attached hydrogens (primary N) is 1. The highest BCUT2D eigenvalue weighted by Crippen LogP contribution is 2.22. The molecule has 7 heteroatoms. The van der Waals surface area contributed by atoms with Crippen molar-refractivity contribution in [2.75, 3.05) is 0 Å². The van der Waals surface area contributed by atoms with Gasteiger partial charge in [0.15, 0.2) is 0 Å². The summed E-state index contributed by atoms with van der Waals surface area (Å²) in [5, 5.41) is 10.6. The van der Waals surface area contributed by atoms with E-state index in [0.717, 1.165) is 18.2 Å². The van der Waals surface area contributed by atoms with Crippen LogP contribution >= 0.6 is 15.9 Å². The Morgan fingerprint density at radius 2 is 2.25 bits per heavy atom. The molecule has 1 unspecified atom stereocenters. The number of hydrogen-bond acceptors (Lipinski definition) is 3. The van der Waals surface area contributed by atoms with Gasteiger partial charge in [0.25, 0.3) is 5.69 Å². The molecule has 0 aliphatic carbocycles. The molecule has 1 atom stereocenters. The van der Waals surface area contributed by atoms with Crippen LogP contribution in [0.5, 0.6) is 0 Å². The summed E-state index contributed by atoms with van der Waals surface area (Å²) in [5.74, 6) is -1.25. The molecule has 1 aromatic rings. The zero-order valence-corrected chi connectivity index (χ0v) is 9.61. The molecule has 0 radical (unpaired) electrons. The maximum Gasteiger partial charge on any atom is 0.272 e. The molecular weight excluding hydrogens is 283 g/mol. The van der Waals surface area contributed by atoms with Crippen LogP contribution in [0.15, 0.2) is 18.2 Å². The minimum atomic E-state index is -0.756. The van der Waals surface area contributed by atoms with Gasteiger partial charge in [0.05, 0.1) is 9.75 Å². The molecule has 0 saturated heterocycles. The van der Waals surface area contributed by atoms with Crippen LogP contribution in [0.4, 0.5) is 10.1 Å². The topological polar surface area (TPSA) is 86.2 Å². The second kappa shape index (κ2) is 5.02.